The van der Waals surface area contributed by atoms with Crippen LogP contribution in [0.5, 0.6) is 0 Å². The van der Waals surface area contributed by atoms with Crippen LogP contribution in [0.3, 0.4) is 0 Å². The van der Waals surface area contributed by atoms with Crippen LogP contribution in [0.25, 0.3) is 0 Å². The second-order valence-electron chi connectivity index (χ2n) is 6.20. The van der Waals surface area contributed by atoms with Gasteiger partial charge in [-0.1, -0.05) is 19.1 Å². The number of piperidine rings is 1. The van der Waals surface area contributed by atoms with Crippen LogP contribution in [0.15, 0.2) is 24.3 Å². The number of carboxylic acids is 1. The van der Waals surface area contributed by atoms with E-state index in [0.717, 1.165) is 24.6 Å². The van der Waals surface area contributed by atoms with Crippen molar-refractivity contribution in [2.45, 2.75) is 39.3 Å². The van der Waals surface area contributed by atoms with Crippen molar-refractivity contribution in [2.24, 2.45) is 5.92 Å². The number of hydrogen-bond donors (Lipinski definition) is 2. The number of likely N-dealkylation sites (tertiary alicyclic amines) is 1. The molecule has 1 saturated heterocycles. The molecule has 0 aromatic heterocycles. The monoisotopic (exact) mass is 290 g/mol. The lowest BCUT2D eigenvalue weighted by atomic mass is 9.98. The van der Waals surface area contributed by atoms with Gasteiger partial charge in [-0.05, 0) is 56.5 Å². The number of aromatic carboxylic acids is 1. The van der Waals surface area contributed by atoms with Crippen molar-refractivity contribution in [3.05, 3.63) is 35.4 Å². The van der Waals surface area contributed by atoms with Crippen LogP contribution in [0, 0.1) is 5.92 Å². The Morgan fingerprint density at radius 1 is 1.43 bits per heavy atom. The second-order valence-corrected chi connectivity index (χ2v) is 6.20. The molecule has 0 saturated carbocycles. The van der Waals surface area contributed by atoms with Crippen molar-refractivity contribution in [3.8, 4) is 0 Å². The van der Waals surface area contributed by atoms with Crippen LogP contribution >= 0.6 is 0 Å². The molecule has 4 heteroatoms. The van der Waals surface area contributed by atoms with Gasteiger partial charge >= 0.3 is 5.97 Å². The van der Waals surface area contributed by atoms with Gasteiger partial charge in [0.05, 0.1) is 5.56 Å². The third-order valence-corrected chi connectivity index (χ3v) is 4.38. The summed E-state index contributed by atoms with van der Waals surface area (Å²) in [5.74, 6) is -0.00665. The summed E-state index contributed by atoms with van der Waals surface area (Å²) in [6.45, 7) is 8.63. The van der Waals surface area contributed by atoms with Gasteiger partial charge in [0.15, 0.2) is 0 Å². The molecule has 1 fully saturated rings. The van der Waals surface area contributed by atoms with E-state index < -0.39 is 5.97 Å². The summed E-state index contributed by atoms with van der Waals surface area (Å²) < 4.78 is 0. The van der Waals surface area contributed by atoms with Gasteiger partial charge in [-0.25, -0.2) is 4.79 Å². The molecule has 0 radical (unpaired) electrons. The highest BCUT2D eigenvalue weighted by Crippen LogP contribution is 2.17. The van der Waals surface area contributed by atoms with Gasteiger partial charge in [0.25, 0.3) is 0 Å². The van der Waals surface area contributed by atoms with Crippen LogP contribution in [-0.4, -0.2) is 41.7 Å². The zero-order valence-corrected chi connectivity index (χ0v) is 13.0. The van der Waals surface area contributed by atoms with Crippen molar-refractivity contribution in [1.29, 1.82) is 0 Å². The smallest absolute Gasteiger partial charge is 0.335 e. The lowest BCUT2D eigenvalue weighted by Gasteiger charge is -2.35. The van der Waals surface area contributed by atoms with Crippen LogP contribution in [0.2, 0.25) is 0 Å². The predicted molar refractivity (Wildman–Crippen MR) is 84.5 cm³/mol. The van der Waals surface area contributed by atoms with Gasteiger partial charge < -0.3 is 10.4 Å². The van der Waals surface area contributed by atoms with Crippen LogP contribution in [0.1, 0.15) is 42.6 Å². The third kappa shape index (κ3) is 4.83. The summed E-state index contributed by atoms with van der Waals surface area (Å²) in [6.07, 6.45) is 2.59. The second kappa shape index (κ2) is 7.57. The van der Waals surface area contributed by atoms with E-state index in [9.17, 15) is 4.79 Å². The number of carboxylic acid groups (broad SMARTS) is 1. The average molecular weight is 290 g/mol. The minimum Gasteiger partial charge on any atom is -0.478 e. The first-order valence-corrected chi connectivity index (χ1v) is 7.83. The molecule has 0 spiro atoms. The zero-order chi connectivity index (χ0) is 15.2. The number of benzene rings is 1. The Kier molecular flexibility index (Phi) is 5.76. The van der Waals surface area contributed by atoms with Gasteiger partial charge in [0.2, 0.25) is 0 Å². The summed E-state index contributed by atoms with van der Waals surface area (Å²) in [7, 11) is 0. The Bertz CT molecular complexity index is 468. The Morgan fingerprint density at radius 2 is 2.14 bits per heavy atom. The first-order valence-electron chi connectivity index (χ1n) is 7.83. The summed E-state index contributed by atoms with van der Waals surface area (Å²) in [6, 6.07) is 7.66. The van der Waals surface area contributed by atoms with E-state index in [2.05, 4.69) is 24.1 Å². The minimum atomic E-state index is -0.868. The summed E-state index contributed by atoms with van der Waals surface area (Å²) in [4.78, 5) is 13.5. The highest BCUT2D eigenvalue weighted by Gasteiger charge is 2.19. The fourth-order valence-corrected chi connectivity index (χ4v) is 2.84. The fraction of sp³-hybridized carbons (Fsp3) is 0.588. The molecule has 0 amide bonds. The highest BCUT2D eigenvalue weighted by atomic mass is 16.4. The summed E-state index contributed by atoms with van der Waals surface area (Å²) >= 11 is 0. The molecular formula is C17H26N2O2. The standard InChI is InChI=1S/C17H26N2O2/c1-13-6-8-19(9-7-13)14(2)11-18-12-15-4-3-5-16(10-15)17(20)21/h3-5,10,13-14,18H,6-9,11-12H2,1-2H3,(H,20,21). The van der Waals surface area contributed by atoms with E-state index in [0.29, 0.717) is 11.6 Å². The molecule has 1 heterocycles. The Balaban J connectivity index is 1.76. The minimum absolute atomic E-state index is 0.354. The highest BCUT2D eigenvalue weighted by molar-refractivity contribution is 5.87. The first kappa shape index (κ1) is 16.0. The van der Waals surface area contributed by atoms with Gasteiger partial charge in [0, 0.05) is 19.1 Å². The molecular weight excluding hydrogens is 264 g/mol. The Labute approximate surface area is 127 Å². The summed E-state index contributed by atoms with van der Waals surface area (Å²) in [5, 5.41) is 12.4. The third-order valence-electron chi connectivity index (χ3n) is 4.38. The quantitative estimate of drug-likeness (QED) is 0.845. The molecule has 0 aliphatic carbocycles. The maximum atomic E-state index is 10.9. The lowest BCUT2D eigenvalue weighted by Crippen LogP contribution is -2.44. The maximum absolute atomic E-state index is 10.9. The molecule has 2 N–H and O–H groups in total. The summed E-state index contributed by atoms with van der Waals surface area (Å²) in [5.41, 5.74) is 1.38. The molecule has 1 aromatic carbocycles. The van der Waals surface area contributed by atoms with Crippen LogP contribution < -0.4 is 5.32 Å². The van der Waals surface area contributed by atoms with Crippen LogP contribution in [-0.2, 0) is 6.54 Å². The number of nitrogens with one attached hydrogen (secondary N) is 1. The number of rotatable bonds is 6. The van der Waals surface area contributed by atoms with E-state index in [1.807, 2.05) is 6.07 Å². The molecule has 1 aliphatic heterocycles. The van der Waals surface area contributed by atoms with Crippen LogP contribution in [0.4, 0.5) is 0 Å². The first-order chi connectivity index (χ1) is 10.1. The molecule has 21 heavy (non-hydrogen) atoms. The molecule has 1 aromatic rings. The molecule has 116 valence electrons. The average Bonchev–Trinajstić information content (AvgIpc) is 2.48. The van der Waals surface area contributed by atoms with E-state index in [1.165, 1.54) is 25.9 Å². The van der Waals surface area contributed by atoms with E-state index in [4.69, 9.17) is 5.11 Å². The molecule has 1 unspecified atom stereocenters. The Morgan fingerprint density at radius 3 is 2.81 bits per heavy atom. The maximum Gasteiger partial charge on any atom is 0.335 e. The van der Waals surface area contributed by atoms with Crippen molar-refractivity contribution >= 4 is 5.97 Å². The van der Waals surface area contributed by atoms with E-state index in [1.54, 1.807) is 18.2 Å². The lowest BCUT2D eigenvalue weighted by molar-refractivity contribution is 0.0696. The predicted octanol–water partition coefficient (Wildman–Crippen LogP) is 2.59. The Hall–Kier alpha value is -1.39. The number of carbonyl (C=O) groups is 1. The molecule has 1 atom stereocenters. The van der Waals surface area contributed by atoms with E-state index >= 15 is 0 Å². The number of nitrogens with zero attached hydrogens (tertiary/aromatic N) is 1. The molecule has 0 bridgehead atoms. The van der Waals surface area contributed by atoms with Gasteiger partial charge in [-0.3, -0.25) is 4.90 Å². The SMILES string of the molecule is CC1CCN(C(C)CNCc2cccc(C(=O)O)c2)CC1. The van der Waals surface area contributed by atoms with Gasteiger partial charge in [-0.15, -0.1) is 0 Å². The topological polar surface area (TPSA) is 52.6 Å². The van der Waals surface area contributed by atoms with Crippen molar-refractivity contribution in [3.63, 3.8) is 0 Å². The van der Waals surface area contributed by atoms with E-state index in [-0.39, 0.29) is 0 Å². The molecule has 1 aliphatic rings. The van der Waals surface area contributed by atoms with Crippen molar-refractivity contribution < 1.29 is 9.90 Å². The largest absolute Gasteiger partial charge is 0.478 e. The zero-order valence-electron chi connectivity index (χ0n) is 13.0. The fourth-order valence-electron chi connectivity index (χ4n) is 2.84. The number of hydrogen-bond acceptors (Lipinski definition) is 3. The van der Waals surface area contributed by atoms with Gasteiger partial charge in [-0.2, -0.15) is 0 Å². The van der Waals surface area contributed by atoms with Crippen molar-refractivity contribution in [2.75, 3.05) is 19.6 Å². The van der Waals surface area contributed by atoms with Crippen molar-refractivity contribution in [1.82, 2.24) is 10.2 Å². The van der Waals surface area contributed by atoms with Gasteiger partial charge in [0.1, 0.15) is 0 Å². The normalized spacial score (nSPS) is 18.6. The molecule has 4 nitrogen and oxygen atoms in total. The molecule has 2 rings (SSSR count).